The van der Waals surface area contributed by atoms with Crippen molar-refractivity contribution in [3.63, 3.8) is 0 Å². The molecule has 74 valence electrons. The van der Waals surface area contributed by atoms with Gasteiger partial charge in [0, 0.05) is 11.6 Å². The Labute approximate surface area is 83.6 Å². The second-order valence-corrected chi connectivity index (χ2v) is 2.98. The number of benzene rings is 1. The van der Waals surface area contributed by atoms with Crippen LogP contribution in [0.4, 0.5) is 0 Å². The van der Waals surface area contributed by atoms with Gasteiger partial charge in [-0.15, -0.1) is 0 Å². The summed E-state index contributed by atoms with van der Waals surface area (Å²) in [6.07, 6.45) is 1.05. The third-order valence-electron chi connectivity index (χ3n) is 2.13. The first kappa shape index (κ1) is 10.4. The van der Waals surface area contributed by atoms with Crippen LogP contribution < -0.4 is 4.74 Å². The third kappa shape index (κ3) is 1.97. The van der Waals surface area contributed by atoms with Gasteiger partial charge in [0.05, 0.1) is 19.6 Å². The van der Waals surface area contributed by atoms with Gasteiger partial charge >= 0.3 is 0 Å². The first-order valence-corrected chi connectivity index (χ1v) is 4.48. The highest BCUT2D eigenvalue weighted by Gasteiger charge is 2.07. The lowest BCUT2D eigenvalue weighted by Gasteiger charge is -2.09. The molecule has 0 radical (unpaired) electrons. The average molecular weight is 191 g/mol. The van der Waals surface area contributed by atoms with Crippen molar-refractivity contribution < 1.29 is 9.84 Å². The molecule has 14 heavy (non-hydrogen) atoms. The average Bonchev–Trinajstić information content (AvgIpc) is 2.20. The zero-order chi connectivity index (χ0) is 10.6. The van der Waals surface area contributed by atoms with Gasteiger partial charge in [-0.1, -0.05) is 6.92 Å². The van der Waals surface area contributed by atoms with E-state index in [1.807, 2.05) is 19.1 Å². The van der Waals surface area contributed by atoms with E-state index >= 15 is 0 Å². The maximum atomic E-state index is 9.54. The summed E-state index contributed by atoms with van der Waals surface area (Å²) in [5.41, 5.74) is 1.67. The number of hydrogen-bond acceptors (Lipinski definition) is 3. The highest BCUT2D eigenvalue weighted by atomic mass is 16.5. The summed E-state index contributed by atoms with van der Waals surface area (Å²) in [5, 5.41) is 18.1. The molecule has 0 aliphatic rings. The van der Waals surface area contributed by atoms with Gasteiger partial charge < -0.3 is 9.84 Å². The highest BCUT2D eigenvalue weighted by Crippen LogP contribution is 2.28. The van der Waals surface area contributed by atoms with E-state index in [1.165, 1.54) is 0 Å². The van der Waals surface area contributed by atoms with Crippen LogP contribution in [-0.2, 0) is 12.8 Å². The Hall–Kier alpha value is -1.69. The van der Waals surface area contributed by atoms with Crippen molar-refractivity contribution in [1.82, 2.24) is 0 Å². The molecule has 0 heterocycles. The highest BCUT2D eigenvalue weighted by molar-refractivity contribution is 5.46. The number of ether oxygens (including phenoxy) is 1. The van der Waals surface area contributed by atoms with Crippen LogP contribution in [0.1, 0.15) is 18.1 Å². The molecule has 0 atom stereocenters. The Kier molecular flexibility index (Phi) is 3.35. The molecule has 0 aromatic heterocycles. The SMILES string of the molecule is CCc1cc(CC#N)c(O)cc1OC. The molecule has 0 amide bonds. The van der Waals surface area contributed by atoms with Crippen molar-refractivity contribution in [3.8, 4) is 17.6 Å². The van der Waals surface area contributed by atoms with Gasteiger partial charge in [0.15, 0.2) is 0 Å². The summed E-state index contributed by atoms with van der Waals surface area (Å²) in [6.45, 7) is 2.01. The summed E-state index contributed by atoms with van der Waals surface area (Å²) in [4.78, 5) is 0. The van der Waals surface area contributed by atoms with Gasteiger partial charge in [-0.2, -0.15) is 5.26 Å². The van der Waals surface area contributed by atoms with Crippen molar-refractivity contribution in [2.45, 2.75) is 19.8 Å². The quantitative estimate of drug-likeness (QED) is 0.795. The second-order valence-electron chi connectivity index (χ2n) is 2.98. The van der Waals surface area contributed by atoms with E-state index in [4.69, 9.17) is 10.00 Å². The van der Waals surface area contributed by atoms with Gasteiger partial charge in [-0.25, -0.2) is 0 Å². The lowest BCUT2D eigenvalue weighted by atomic mass is 10.0. The number of phenolic OH excluding ortho intramolecular Hbond substituents is 1. The van der Waals surface area contributed by atoms with E-state index in [9.17, 15) is 5.11 Å². The number of hydrogen-bond donors (Lipinski definition) is 1. The fourth-order valence-corrected chi connectivity index (χ4v) is 1.36. The molecule has 0 unspecified atom stereocenters. The number of aryl methyl sites for hydroxylation is 1. The number of nitriles is 1. The van der Waals surface area contributed by atoms with Crippen LogP contribution in [0.5, 0.6) is 11.5 Å². The molecule has 0 saturated carbocycles. The van der Waals surface area contributed by atoms with E-state index in [1.54, 1.807) is 13.2 Å². The third-order valence-corrected chi connectivity index (χ3v) is 2.13. The monoisotopic (exact) mass is 191 g/mol. The smallest absolute Gasteiger partial charge is 0.125 e. The van der Waals surface area contributed by atoms with Crippen LogP contribution >= 0.6 is 0 Å². The first-order chi connectivity index (χ1) is 6.72. The molecule has 0 bridgehead atoms. The fraction of sp³-hybridized carbons (Fsp3) is 0.364. The van der Waals surface area contributed by atoms with Crippen LogP contribution in [0.2, 0.25) is 0 Å². The number of phenols is 1. The largest absolute Gasteiger partial charge is 0.507 e. The Balaban J connectivity index is 3.17. The summed E-state index contributed by atoms with van der Waals surface area (Å²) in [6, 6.07) is 5.39. The summed E-state index contributed by atoms with van der Waals surface area (Å²) in [7, 11) is 1.57. The second kappa shape index (κ2) is 4.52. The van der Waals surface area contributed by atoms with Crippen LogP contribution in [0.25, 0.3) is 0 Å². The minimum absolute atomic E-state index is 0.126. The molecular weight excluding hydrogens is 178 g/mol. The Morgan fingerprint density at radius 1 is 1.43 bits per heavy atom. The fourth-order valence-electron chi connectivity index (χ4n) is 1.36. The van der Waals surface area contributed by atoms with Crippen molar-refractivity contribution in [2.75, 3.05) is 7.11 Å². The standard InChI is InChI=1S/C11H13NO2/c1-3-8-6-9(4-5-12)10(13)7-11(8)14-2/h6-7,13H,3-4H2,1-2H3. The lowest BCUT2D eigenvalue weighted by molar-refractivity contribution is 0.402. The van der Waals surface area contributed by atoms with Crippen molar-refractivity contribution in [2.24, 2.45) is 0 Å². The van der Waals surface area contributed by atoms with Gasteiger partial charge in [0.1, 0.15) is 11.5 Å². The van der Waals surface area contributed by atoms with Gasteiger partial charge in [-0.05, 0) is 18.1 Å². The molecule has 1 N–H and O–H groups in total. The van der Waals surface area contributed by atoms with Crippen molar-refractivity contribution >= 4 is 0 Å². The van der Waals surface area contributed by atoms with E-state index in [-0.39, 0.29) is 12.2 Å². The molecule has 0 spiro atoms. The topological polar surface area (TPSA) is 53.2 Å². The Morgan fingerprint density at radius 3 is 2.64 bits per heavy atom. The molecule has 3 nitrogen and oxygen atoms in total. The predicted octanol–water partition coefficient (Wildman–Crippen LogP) is 2.03. The molecular formula is C11H13NO2. The maximum Gasteiger partial charge on any atom is 0.125 e. The predicted molar refractivity (Wildman–Crippen MR) is 53.4 cm³/mol. The summed E-state index contributed by atoms with van der Waals surface area (Å²) < 4.78 is 5.11. The minimum Gasteiger partial charge on any atom is -0.507 e. The van der Waals surface area contributed by atoms with Crippen LogP contribution in [0.3, 0.4) is 0 Å². The van der Waals surface area contributed by atoms with Crippen LogP contribution in [-0.4, -0.2) is 12.2 Å². The first-order valence-electron chi connectivity index (χ1n) is 4.48. The molecule has 1 aromatic rings. The molecule has 1 rings (SSSR count). The number of nitrogens with zero attached hydrogens (tertiary/aromatic N) is 1. The van der Waals surface area contributed by atoms with E-state index in [2.05, 4.69) is 0 Å². The molecule has 3 heteroatoms. The Bertz CT molecular complexity index is 366. The normalized spacial score (nSPS) is 9.50. The molecule has 0 fully saturated rings. The molecule has 1 aromatic carbocycles. The zero-order valence-corrected chi connectivity index (χ0v) is 8.37. The number of rotatable bonds is 3. The van der Waals surface area contributed by atoms with Crippen molar-refractivity contribution in [1.29, 1.82) is 5.26 Å². The van der Waals surface area contributed by atoms with E-state index < -0.39 is 0 Å². The summed E-state index contributed by atoms with van der Waals surface area (Å²) in [5.74, 6) is 0.798. The zero-order valence-electron chi connectivity index (χ0n) is 8.37. The lowest BCUT2D eigenvalue weighted by Crippen LogP contribution is -1.93. The number of aromatic hydroxyl groups is 1. The van der Waals surface area contributed by atoms with E-state index in [0.717, 1.165) is 12.0 Å². The van der Waals surface area contributed by atoms with Crippen molar-refractivity contribution in [3.05, 3.63) is 23.3 Å². The number of methoxy groups -OCH3 is 1. The molecule has 0 aliphatic heterocycles. The molecule has 0 saturated heterocycles. The van der Waals surface area contributed by atoms with Gasteiger partial charge in [0.2, 0.25) is 0 Å². The van der Waals surface area contributed by atoms with Gasteiger partial charge in [0.25, 0.3) is 0 Å². The minimum atomic E-state index is 0.126. The van der Waals surface area contributed by atoms with Crippen LogP contribution in [0, 0.1) is 11.3 Å². The van der Waals surface area contributed by atoms with Gasteiger partial charge in [-0.3, -0.25) is 0 Å². The maximum absolute atomic E-state index is 9.54. The van der Waals surface area contributed by atoms with E-state index in [0.29, 0.717) is 11.3 Å². The van der Waals surface area contributed by atoms with Crippen LogP contribution in [0.15, 0.2) is 12.1 Å². The summed E-state index contributed by atoms with van der Waals surface area (Å²) >= 11 is 0. The Morgan fingerprint density at radius 2 is 2.14 bits per heavy atom. The molecule has 0 aliphatic carbocycles.